The van der Waals surface area contributed by atoms with Crippen molar-refractivity contribution in [2.75, 3.05) is 6.54 Å². The van der Waals surface area contributed by atoms with Crippen LogP contribution >= 0.6 is 11.8 Å². The summed E-state index contributed by atoms with van der Waals surface area (Å²) in [5.41, 5.74) is 0. The van der Waals surface area contributed by atoms with Crippen LogP contribution in [0.15, 0.2) is 4.99 Å². The van der Waals surface area contributed by atoms with E-state index >= 15 is 0 Å². The quantitative estimate of drug-likeness (QED) is 0.797. The first-order valence-electron chi connectivity index (χ1n) is 6.46. The third kappa shape index (κ3) is 4.77. The normalized spacial score (nSPS) is 22.7. The Hall–Kier alpha value is -0.180. The predicted octanol–water partition coefficient (Wildman–Crippen LogP) is 3.53. The molecule has 0 bridgehead atoms. The van der Waals surface area contributed by atoms with E-state index in [1.165, 1.54) is 12.8 Å². The first-order chi connectivity index (χ1) is 7.49. The molecule has 0 saturated heterocycles. The molecule has 0 spiro atoms. The van der Waals surface area contributed by atoms with Crippen molar-refractivity contribution in [1.82, 2.24) is 5.32 Å². The Bertz CT molecular complexity index is 236. The van der Waals surface area contributed by atoms with E-state index in [1.807, 2.05) is 11.8 Å². The van der Waals surface area contributed by atoms with E-state index in [2.05, 4.69) is 44.9 Å². The van der Waals surface area contributed by atoms with Crippen LogP contribution in [0, 0.1) is 11.8 Å². The second-order valence-corrected chi connectivity index (χ2v) is 6.79. The molecule has 16 heavy (non-hydrogen) atoms. The van der Waals surface area contributed by atoms with Gasteiger partial charge in [-0.05, 0) is 31.6 Å². The zero-order valence-electron chi connectivity index (χ0n) is 11.3. The monoisotopic (exact) mass is 242 g/mol. The molecule has 0 aliphatic carbocycles. The molecule has 0 aromatic carbocycles. The van der Waals surface area contributed by atoms with Crippen LogP contribution in [-0.2, 0) is 0 Å². The molecule has 0 fully saturated rings. The maximum absolute atomic E-state index is 4.57. The number of rotatable bonds is 5. The van der Waals surface area contributed by atoms with E-state index < -0.39 is 0 Å². The van der Waals surface area contributed by atoms with Gasteiger partial charge in [-0.2, -0.15) is 0 Å². The third-order valence-corrected chi connectivity index (χ3v) is 4.43. The number of nitrogens with zero attached hydrogens (tertiary/aromatic N) is 1. The molecule has 0 aromatic heterocycles. The van der Waals surface area contributed by atoms with Crippen molar-refractivity contribution in [1.29, 1.82) is 0 Å². The largest absolute Gasteiger partial charge is 0.362 e. The number of amidine groups is 1. The van der Waals surface area contributed by atoms with Gasteiger partial charge in [0.15, 0.2) is 5.17 Å². The van der Waals surface area contributed by atoms with Crippen LogP contribution < -0.4 is 5.32 Å². The van der Waals surface area contributed by atoms with Gasteiger partial charge in [-0.1, -0.05) is 39.5 Å². The molecule has 0 aromatic rings. The fraction of sp³-hybridized carbons (Fsp3) is 0.923. The van der Waals surface area contributed by atoms with Crippen LogP contribution in [0.1, 0.15) is 47.5 Å². The van der Waals surface area contributed by atoms with E-state index in [0.29, 0.717) is 11.3 Å². The highest BCUT2D eigenvalue weighted by Gasteiger charge is 2.23. The van der Waals surface area contributed by atoms with Gasteiger partial charge in [-0.25, -0.2) is 0 Å². The lowest BCUT2D eigenvalue weighted by Gasteiger charge is -2.17. The standard InChI is InChI=1S/C13H26N2S/c1-9(2)6-7-11(5)15-13-14-8-12(16-13)10(3)4/h9-12H,6-8H2,1-5H3,(H,14,15). The molecule has 94 valence electrons. The Balaban J connectivity index is 2.23. The molecule has 2 atom stereocenters. The highest BCUT2D eigenvalue weighted by molar-refractivity contribution is 8.14. The molecule has 2 unspecified atom stereocenters. The fourth-order valence-electron chi connectivity index (χ4n) is 1.68. The van der Waals surface area contributed by atoms with Gasteiger partial charge in [0.1, 0.15) is 0 Å². The Morgan fingerprint density at radius 2 is 1.94 bits per heavy atom. The van der Waals surface area contributed by atoms with Gasteiger partial charge in [-0.3, -0.25) is 4.99 Å². The van der Waals surface area contributed by atoms with Gasteiger partial charge in [0.25, 0.3) is 0 Å². The molecule has 3 heteroatoms. The van der Waals surface area contributed by atoms with E-state index in [-0.39, 0.29) is 0 Å². The van der Waals surface area contributed by atoms with Crippen molar-refractivity contribution in [3.8, 4) is 0 Å². The lowest BCUT2D eigenvalue weighted by atomic mass is 10.0. The summed E-state index contributed by atoms with van der Waals surface area (Å²) in [6.07, 6.45) is 2.53. The van der Waals surface area contributed by atoms with Crippen molar-refractivity contribution >= 4 is 16.9 Å². The van der Waals surface area contributed by atoms with Gasteiger partial charge in [0.2, 0.25) is 0 Å². The minimum Gasteiger partial charge on any atom is -0.362 e. The van der Waals surface area contributed by atoms with Crippen molar-refractivity contribution < 1.29 is 0 Å². The van der Waals surface area contributed by atoms with Gasteiger partial charge in [0, 0.05) is 11.3 Å². The molecule has 1 aliphatic heterocycles. The summed E-state index contributed by atoms with van der Waals surface area (Å²) >= 11 is 1.92. The van der Waals surface area contributed by atoms with Crippen molar-refractivity contribution in [2.45, 2.75) is 58.8 Å². The van der Waals surface area contributed by atoms with Crippen molar-refractivity contribution in [3.63, 3.8) is 0 Å². The van der Waals surface area contributed by atoms with Crippen LogP contribution in [0.3, 0.4) is 0 Å². The third-order valence-electron chi connectivity index (χ3n) is 2.97. The highest BCUT2D eigenvalue weighted by Crippen LogP contribution is 2.26. The van der Waals surface area contributed by atoms with Crippen LogP contribution in [0.4, 0.5) is 0 Å². The van der Waals surface area contributed by atoms with Crippen molar-refractivity contribution in [2.24, 2.45) is 16.8 Å². The van der Waals surface area contributed by atoms with E-state index in [9.17, 15) is 0 Å². The average Bonchev–Trinajstić information content (AvgIpc) is 2.63. The first kappa shape index (κ1) is 13.9. The summed E-state index contributed by atoms with van der Waals surface area (Å²) in [7, 11) is 0. The Morgan fingerprint density at radius 3 is 2.44 bits per heavy atom. The Morgan fingerprint density at radius 1 is 1.25 bits per heavy atom. The predicted molar refractivity (Wildman–Crippen MR) is 75.2 cm³/mol. The lowest BCUT2D eigenvalue weighted by Crippen LogP contribution is -2.30. The molecule has 1 rings (SSSR count). The topological polar surface area (TPSA) is 24.4 Å². The fourth-order valence-corrected chi connectivity index (χ4v) is 2.81. The summed E-state index contributed by atoms with van der Waals surface area (Å²) in [6, 6.07) is 0.555. The molecule has 2 nitrogen and oxygen atoms in total. The van der Waals surface area contributed by atoms with E-state index in [4.69, 9.17) is 0 Å². The Labute approximate surface area is 105 Å². The van der Waals surface area contributed by atoms with E-state index in [1.54, 1.807) is 0 Å². The van der Waals surface area contributed by atoms with Crippen LogP contribution in [0.5, 0.6) is 0 Å². The SMILES string of the molecule is CC(C)CCC(C)NC1=NCC(C(C)C)S1. The molecule has 0 saturated carbocycles. The smallest absolute Gasteiger partial charge is 0.157 e. The maximum Gasteiger partial charge on any atom is 0.157 e. The van der Waals surface area contributed by atoms with Gasteiger partial charge >= 0.3 is 0 Å². The maximum atomic E-state index is 4.57. The minimum atomic E-state index is 0.555. The van der Waals surface area contributed by atoms with Gasteiger partial charge < -0.3 is 5.32 Å². The molecular weight excluding hydrogens is 216 g/mol. The summed E-state index contributed by atoms with van der Waals surface area (Å²) < 4.78 is 0. The summed E-state index contributed by atoms with van der Waals surface area (Å²) in [6.45, 7) is 12.4. The molecule has 1 heterocycles. The second-order valence-electron chi connectivity index (χ2n) is 5.56. The molecule has 0 amide bonds. The first-order valence-corrected chi connectivity index (χ1v) is 7.34. The highest BCUT2D eigenvalue weighted by atomic mass is 32.2. The summed E-state index contributed by atoms with van der Waals surface area (Å²) in [5.74, 6) is 1.52. The second kappa shape index (κ2) is 6.53. The molecular formula is C13H26N2S. The zero-order chi connectivity index (χ0) is 12.1. The molecule has 1 aliphatic rings. The average molecular weight is 242 g/mol. The van der Waals surface area contributed by atoms with Crippen molar-refractivity contribution in [3.05, 3.63) is 0 Å². The van der Waals surface area contributed by atoms with Gasteiger partial charge in [-0.15, -0.1) is 0 Å². The number of thioether (sulfide) groups is 1. The van der Waals surface area contributed by atoms with E-state index in [0.717, 1.165) is 23.5 Å². The zero-order valence-corrected chi connectivity index (χ0v) is 12.1. The van der Waals surface area contributed by atoms with Gasteiger partial charge in [0.05, 0.1) is 6.54 Å². The summed E-state index contributed by atoms with van der Waals surface area (Å²) in [4.78, 5) is 4.57. The minimum absolute atomic E-state index is 0.555. The van der Waals surface area contributed by atoms with Crippen LogP contribution in [0.2, 0.25) is 0 Å². The van der Waals surface area contributed by atoms with Crippen LogP contribution in [-0.4, -0.2) is 23.0 Å². The number of aliphatic imine (C=N–C) groups is 1. The lowest BCUT2D eigenvalue weighted by molar-refractivity contribution is 0.494. The number of nitrogens with one attached hydrogen (secondary N) is 1. The molecule has 1 N–H and O–H groups in total. The number of hydrogen-bond donors (Lipinski definition) is 1. The summed E-state index contributed by atoms with van der Waals surface area (Å²) in [5, 5.41) is 5.37. The molecule has 0 radical (unpaired) electrons. The number of hydrogen-bond acceptors (Lipinski definition) is 3. The van der Waals surface area contributed by atoms with Crippen LogP contribution in [0.25, 0.3) is 0 Å². The Kier molecular flexibility index (Phi) is 5.67.